The molecule has 1 aliphatic rings. The molecular weight excluding hydrogens is 545 g/mol. The number of ether oxygens (including phenoxy) is 2. The van der Waals surface area contributed by atoms with E-state index in [0.29, 0.717) is 10.8 Å². The number of aliphatic hydroxyl groups excluding tert-OH is 1. The molecule has 0 bridgehead atoms. The summed E-state index contributed by atoms with van der Waals surface area (Å²) in [6, 6.07) is 6.59. The van der Waals surface area contributed by atoms with Gasteiger partial charge >= 0.3 is 19.4 Å². The number of nitrogens with zero attached hydrogens (tertiary/aromatic N) is 2. The number of nitrogens with one attached hydrogen (secondary N) is 1. The summed E-state index contributed by atoms with van der Waals surface area (Å²) in [7, 11) is -4.47. The number of anilines is 1. The summed E-state index contributed by atoms with van der Waals surface area (Å²) >= 11 is 0. The van der Waals surface area contributed by atoms with E-state index in [0.717, 1.165) is 0 Å². The fourth-order valence-corrected chi connectivity index (χ4v) is 5.51. The topological polar surface area (TPSA) is 184 Å². The molecule has 0 aliphatic carbocycles. The first-order valence-corrected chi connectivity index (χ1v) is 13.4. The van der Waals surface area contributed by atoms with E-state index in [1.165, 1.54) is 26.0 Å². The van der Waals surface area contributed by atoms with Gasteiger partial charge in [0, 0.05) is 0 Å². The monoisotopic (exact) mass is 576 g/mol. The van der Waals surface area contributed by atoms with Crippen molar-refractivity contribution < 1.29 is 46.9 Å². The maximum absolute atomic E-state index is 14.1. The van der Waals surface area contributed by atoms with Crippen LogP contribution < -0.4 is 21.0 Å². The van der Waals surface area contributed by atoms with Gasteiger partial charge in [-0.1, -0.05) is 18.2 Å². The second kappa shape index (κ2) is 12.1. The maximum Gasteiger partial charge on any atom is 0.459 e. The lowest BCUT2D eigenvalue weighted by Gasteiger charge is -2.30. The van der Waals surface area contributed by atoms with Crippen molar-refractivity contribution in [3.05, 3.63) is 52.8 Å². The summed E-state index contributed by atoms with van der Waals surface area (Å²) in [6.07, 6.45) is -7.01. The summed E-state index contributed by atoms with van der Waals surface area (Å²) in [5.41, 5.74) is 1.33. The van der Waals surface area contributed by atoms with Crippen molar-refractivity contribution in [2.75, 3.05) is 12.4 Å². The third kappa shape index (κ3) is 6.80. The highest BCUT2D eigenvalue weighted by Gasteiger charge is 2.59. The number of halogens is 2. The Hall–Kier alpha value is -2.94. The van der Waals surface area contributed by atoms with Gasteiger partial charge in [-0.3, -0.25) is 13.9 Å². The number of nitrogen functional groups attached to an aromatic ring is 1. The first kappa shape index (κ1) is 30.6. The minimum atomic E-state index is -4.47. The number of alkyl halides is 1. The fraction of sp³-hybridized carbons (Fsp3) is 0.522. The molecule has 0 radical (unpaired) electrons. The number of benzene rings is 1. The molecule has 16 heteroatoms. The third-order valence-electron chi connectivity index (χ3n) is 5.73. The van der Waals surface area contributed by atoms with E-state index in [1.807, 2.05) is 0 Å². The molecule has 0 saturated carbocycles. The van der Waals surface area contributed by atoms with E-state index >= 15 is 0 Å². The van der Waals surface area contributed by atoms with Crippen LogP contribution in [0.1, 0.15) is 33.9 Å². The molecule has 1 saturated heterocycles. The van der Waals surface area contributed by atoms with Gasteiger partial charge < -0.3 is 29.9 Å². The van der Waals surface area contributed by atoms with E-state index < -0.39 is 80.0 Å². The van der Waals surface area contributed by atoms with Crippen molar-refractivity contribution in [2.45, 2.75) is 70.0 Å². The number of aromatic nitrogens is 2. The van der Waals surface area contributed by atoms with Gasteiger partial charge in [0.2, 0.25) is 0 Å². The lowest BCUT2D eigenvalue weighted by atomic mass is 9.93. The smallest absolute Gasteiger partial charge is 0.459 e. The first-order chi connectivity index (χ1) is 18.2. The Kier molecular flexibility index (Phi) is 9.47. The van der Waals surface area contributed by atoms with Gasteiger partial charge in [-0.25, -0.2) is 18.1 Å². The van der Waals surface area contributed by atoms with E-state index in [4.69, 9.17) is 24.3 Å². The summed E-state index contributed by atoms with van der Waals surface area (Å²) in [4.78, 5) is 27.9. The van der Waals surface area contributed by atoms with Gasteiger partial charge in [0.25, 0.3) is 0 Å². The van der Waals surface area contributed by atoms with Crippen molar-refractivity contribution in [3.8, 4) is 5.75 Å². The zero-order valence-corrected chi connectivity index (χ0v) is 22.5. The summed E-state index contributed by atoms with van der Waals surface area (Å²) < 4.78 is 64.2. The largest absolute Gasteiger partial charge is 0.462 e. The van der Waals surface area contributed by atoms with Crippen LogP contribution in [0.3, 0.4) is 0 Å². The maximum atomic E-state index is 14.1. The highest BCUT2D eigenvalue weighted by molar-refractivity contribution is 7.52. The molecule has 216 valence electrons. The van der Waals surface area contributed by atoms with E-state index in [9.17, 15) is 33.1 Å². The number of rotatable bonds is 11. The van der Waals surface area contributed by atoms with Crippen molar-refractivity contribution in [1.82, 2.24) is 14.6 Å². The molecule has 0 amide bonds. The van der Waals surface area contributed by atoms with Crippen molar-refractivity contribution in [1.29, 1.82) is 0 Å². The van der Waals surface area contributed by atoms with Crippen molar-refractivity contribution in [2.24, 2.45) is 0 Å². The molecule has 3 rings (SSSR count). The molecule has 7 atom stereocenters. The van der Waals surface area contributed by atoms with E-state index in [-0.39, 0.29) is 5.75 Å². The molecule has 2 unspecified atom stereocenters. The summed E-state index contributed by atoms with van der Waals surface area (Å²) in [5.74, 6) is -2.57. The Bertz CT molecular complexity index is 1270. The summed E-state index contributed by atoms with van der Waals surface area (Å²) in [5, 5.41) is 24.2. The number of aliphatic hydroxyl groups is 2. The van der Waals surface area contributed by atoms with Crippen LogP contribution in [0, 0.1) is 5.82 Å². The van der Waals surface area contributed by atoms with Gasteiger partial charge in [-0.15, -0.1) is 0 Å². The number of carbonyl (C=O) groups is 1. The second-order valence-corrected chi connectivity index (χ2v) is 10.9. The number of carbonyl (C=O) groups excluding carboxylic acids is 1. The first-order valence-electron chi connectivity index (χ1n) is 11.9. The fourth-order valence-electron chi connectivity index (χ4n) is 3.82. The number of para-hydroxylation sites is 1. The van der Waals surface area contributed by atoms with Gasteiger partial charge in [0.05, 0.1) is 18.4 Å². The predicted octanol–water partition coefficient (Wildman–Crippen LogP) is 1.45. The van der Waals surface area contributed by atoms with Crippen molar-refractivity contribution in [3.63, 3.8) is 0 Å². The molecule has 5 N–H and O–H groups in total. The Labute approximate surface area is 222 Å². The highest BCUT2D eigenvalue weighted by Crippen LogP contribution is 2.49. The molecular formula is C23H31F2N4O9P. The zero-order valence-electron chi connectivity index (χ0n) is 21.6. The SMILES string of the molecule is CC(C)OC(=O)[C@H](C)NP(=O)(Oc1ccccc1)O[C@@H](C)[C@H]1O[C@@H](n2cc(F)c(N)nc2=O)[C@@](O)(CF)C1O. The average molecular weight is 576 g/mol. The molecule has 0 spiro atoms. The third-order valence-corrected chi connectivity index (χ3v) is 7.50. The normalized spacial score (nSPS) is 26.1. The minimum absolute atomic E-state index is 0.0889. The van der Waals surface area contributed by atoms with Crippen LogP contribution in [0.4, 0.5) is 14.6 Å². The Morgan fingerprint density at radius 1 is 1.31 bits per heavy atom. The second-order valence-electron chi connectivity index (χ2n) is 9.24. The molecule has 2 aromatic rings. The number of nitrogens with two attached hydrogens (primary N) is 1. The van der Waals surface area contributed by atoms with Crippen LogP contribution in [0.5, 0.6) is 5.75 Å². The van der Waals surface area contributed by atoms with Gasteiger partial charge in [0.15, 0.2) is 23.5 Å². The number of hydrogen-bond acceptors (Lipinski definition) is 11. The van der Waals surface area contributed by atoms with E-state index in [1.54, 1.807) is 32.0 Å². The average Bonchev–Trinajstić information content (AvgIpc) is 3.12. The van der Waals surface area contributed by atoms with Gasteiger partial charge in [0.1, 0.15) is 30.7 Å². The molecule has 1 aromatic carbocycles. The Balaban J connectivity index is 1.91. The Morgan fingerprint density at radius 2 is 1.95 bits per heavy atom. The van der Waals surface area contributed by atoms with Crippen LogP contribution in [-0.2, 0) is 23.4 Å². The van der Waals surface area contributed by atoms with Crippen molar-refractivity contribution >= 4 is 19.5 Å². The minimum Gasteiger partial charge on any atom is -0.462 e. The summed E-state index contributed by atoms with van der Waals surface area (Å²) in [6.45, 7) is 4.23. The molecule has 39 heavy (non-hydrogen) atoms. The predicted molar refractivity (Wildman–Crippen MR) is 133 cm³/mol. The quantitative estimate of drug-likeness (QED) is 0.223. The number of esters is 1. The molecule has 1 aliphatic heterocycles. The standard InChI is InChI=1S/C23H31F2N4O9P/c1-12(2)35-20(31)13(3)28-39(34,38-15-8-6-5-7-9-15)37-14(4)17-18(30)23(33,11-24)21(36-17)29-10-16(25)19(26)27-22(29)32/h5-10,12-14,17-18,21,30,33H,11H2,1-4H3,(H,28,34)(H2,26,27,32)/t13-,14-,17+,18?,21+,23+,39?/m0/s1. The zero-order chi connectivity index (χ0) is 29.1. The number of hydrogen-bond donors (Lipinski definition) is 4. The van der Waals surface area contributed by atoms with Crippen LogP contribution >= 0.6 is 7.75 Å². The Morgan fingerprint density at radius 3 is 2.54 bits per heavy atom. The van der Waals surface area contributed by atoms with Crippen LogP contribution in [0.15, 0.2) is 41.3 Å². The lowest BCUT2D eigenvalue weighted by molar-refractivity contribution is -0.149. The van der Waals surface area contributed by atoms with E-state index in [2.05, 4.69) is 10.1 Å². The van der Waals surface area contributed by atoms with Crippen LogP contribution in [-0.4, -0.2) is 68.5 Å². The lowest BCUT2D eigenvalue weighted by Crippen LogP contribution is -2.51. The molecule has 1 fully saturated rings. The molecule has 1 aromatic heterocycles. The highest BCUT2D eigenvalue weighted by atomic mass is 31.2. The molecule has 2 heterocycles. The van der Waals surface area contributed by atoms with Crippen LogP contribution in [0.2, 0.25) is 0 Å². The van der Waals surface area contributed by atoms with Crippen LogP contribution in [0.25, 0.3) is 0 Å². The van der Waals surface area contributed by atoms with Gasteiger partial charge in [-0.05, 0) is 39.8 Å². The van der Waals surface area contributed by atoms with Gasteiger partial charge in [-0.2, -0.15) is 10.1 Å². The molecule has 13 nitrogen and oxygen atoms in total.